The number of ether oxygens (including phenoxy) is 1. The van der Waals surface area contributed by atoms with Crippen molar-refractivity contribution in [1.82, 2.24) is 14.9 Å². The largest absolute Gasteiger partial charge is 0.385 e. The average molecular weight is 436 g/mol. The Balaban J connectivity index is 1.85. The Morgan fingerprint density at radius 1 is 1.29 bits per heavy atom. The van der Waals surface area contributed by atoms with E-state index in [1.54, 1.807) is 31.1 Å². The first-order valence-corrected chi connectivity index (χ1v) is 11.2. The first kappa shape index (κ1) is 21.3. The Hall–Kier alpha value is -2.90. The number of aromatic nitrogens is 2. The highest BCUT2D eigenvalue weighted by Gasteiger charge is 2.29. The number of hydrogen-bond acceptors (Lipinski definition) is 5. The molecule has 6 nitrogen and oxygen atoms in total. The van der Waals surface area contributed by atoms with Gasteiger partial charge in [-0.15, -0.1) is 11.8 Å². The number of carbonyl (C=O) groups is 1. The molecule has 7 heteroatoms. The second kappa shape index (κ2) is 9.49. The number of rotatable bonds is 6. The molecule has 1 atom stereocenters. The summed E-state index contributed by atoms with van der Waals surface area (Å²) in [5, 5.41) is 2.92. The molecular formula is C24H25N3O3S. The Morgan fingerprint density at radius 3 is 2.90 bits per heavy atom. The van der Waals surface area contributed by atoms with E-state index < -0.39 is 0 Å². The van der Waals surface area contributed by atoms with Crippen molar-refractivity contribution in [3.8, 4) is 5.69 Å². The van der Waals surface area contributed by atoms with Crippen molar-refractivity contribution < 1.29 is 9.53 Å². The summed E-state index contributed by atoms with van der Waals surface area (Å²) >= 11 is 1.74. The maximum Gasteiger partial charge on any atom is 0.257 e. The summed E-state index contributed by atoms with van der Waals surface area (Å²) in [6.07, 6.45) is 4.84. The maximum absolute atomic E-state index is 13.1. The lowest BCUT2D eigenvalue weighted by atomic mass is 10.0. The van der Waals surface area contributed by atoms with Gasteiger partial charge in [0.25, 0.3) is 5.91 Å². The molecule has 1 aliphatic rings. The number of methoxy groups -OCH3 is 1. The average Bonchev–Trinajstić information content (AvgIpc) is 2.94. The standard InChI is InChI=1S/C24H25N3O3S/c1-16-13-20(28)23(24(29)26-11-6-12-30-2)19-14-22(17-7-5-10-25-15-17)31-21-9-4-3-8-18(21)27(16)19/h3-5,7-10,13,15,22H,6,11-12,14H2,1-2H3,(H,26,29). The van der Waals surface area contributed by atoms with Crippen molar-refractivity contribution in [1.29, 1.82) is 0 Å². The number of hydrogen-bond donors (Lipinski definition) is 1. The van der Waals surface area contributed by atoms with Crippen molar-refractivity contribution in [3.05, 3.63) is 87.6 Å². The zero-order chi connectivity index (χ0) is 21.8. The number of amides is 1. The van der Waals surface area contributed by atoms with E-state index in [0.29, 0.717) is 26.0 Å². The van der Waals surface area contributed by atoms with Gasteiger partial charge in [-0.2, -0.15) is 0 Å². The van der Waals surface area contributed by atoms with Crippen molar-refractivity contribution in [2.45, 2.75) is 29.9 Å². The number of carbonyl (C=O) groups excluding carboxylic acids is 1. The minimum atomic E-state index is -0.334. The molecule has 1 amide bonds. The van der Waals surface area contributed by atoms with Crippen LogP contribution >= 0.6 is 11.8 Å². The van der Waals surface area contributed by atoms with Crippen LogP contribution in [0.3, 0.4) is 0 Å². The Morgan fingerprint density at radius 2 is 2.13 bits per heavy atom. The number of aryl methyl sites for hydroxylation is 1. The molecule has 2 aromatic heterocycles. The minimum absolute atomic E-state index is 0.0323. The minimum Gasteiger partial charge on any atom is -0.385 e. The van der Waals surface area contributed by atoms with Crippen LogP contribution in [-0.4, -0.2) is 35.7 Å². The maximum atomic E-state index is 13.1. The molecule has 0 aliphatic carbocycles. The number of nitrogens with zero attached hydrogens (tertiary/aromatic N) is 2. The van der Waals surface area contributed by atoms with Gasteiger partial charge in [-0.1, -0.05) is 18.2 Å². The molecule has 4 rings (SSSR count). The number of para-hydroxylation sites is 1. The van der Waals surface area contributed by atoms with E-state index in [1.165, 1.54) is 0 Å². The van der Waals surface area contributed by atoms with Gasteiger partial charge in [0.1, 0.15) is 5.56 Å². The summed E-state index contributed by atoms with van der Waals surface area (Å²) in [6, 6.07) is 13.6. The van der Waals surface area contributed by atoms with Gasteiger partial charge >= 0.3 is 0 Å². The molecule has 0 fully saturated rings. The van der Waals surface area contributed by atoms with Crippen molar-refractivity contribution in [2.24, 2.45) is 0 Å². The fourth-order valence-electron chi connectivity index (χ4n) is 3.94. The van der Waals surface area contributed by atoms with Gasteiger partial charge in [-0.3, -0.25) is 14.6 Å². The van der Waals surface area contributed by atoms with E-state index in [9.17, 15) is 9.59 Å². The molecule has 0 bridgehead atoms. The molecule has 31 heavy (non-hydrogen) atoms. The topological polar surface area (TPSA) is 73.2 Å². The summed E-state index contributed by atoms with van der Waals surface area (Å²) in [5.41, 5.74) is 3.57. The Kier molecular flexibility index (Phi) is 6.53. The fraction of sp³-hybridized carbons (Fsp3) is 0.292. The molecule has 0 saturated carbocycles. The lowest BCUT2D eigenvalue weighted by Gasteiger charge is -2.20. The summed E-state index contributed by atoms with van der Waals surface area (Å²) in [5.74, 6) is -0.334. The van der Waals surface area contributed by atoms with Gasteiger partial charge in [0.15, 0.2) is 5.43 Å². The zero-order valence-corrected chi connectivity index (χ0v) is 18.4. The Labute approximate surface area is 185 Å². The van der Waals surface area contributed by atoms with E-state index in [0.717, 1.165) is 27.5 Å². The molecule has 1 unspecified atom stereocenters. The highest BCUT2D eigenvalue weighted by Crippen LogP contribution is 2.44. The normalized spacial score (nSPS) is 15.0. The number of nitrogens with one attached hydrogen (secondary N) is 1. The quantitative estimate of drug-likeness (QED) is 0.598. The van der Waals surface area contributed by atoms with Crippen LogP contribution in [0.1, 0.15) is 39.0 Å². The fourth-order valence-corrected chi connectivity index (χ4v) is 5.20. The second-order valence-corrected chi connectivity index (χ2v) is 8.72. The van der Waals surface area contributed by atoms with Crippen molar-refractivity contribution in [3.63, 3.8) is 0 Å². The smallest absolute Gasteiger partial charge is 0.257 e. The molecule has 0 radical (unpaired) electrons. The van der Waals surface area contributed by atoms with Crippen LogP contribution in [0.15, 0.2) is 64.5 Å². The van der Waals surface area contributed by atoms with E-state index >= 15 is 0 Å². The lowest BCUT2D eigenvalue weighted by Crippen LogP contribution is -2.33. The van der Waals surface area contributed by atoms with E-state index in [-0.39, 0.29) is 22.1 Å². The van der Waals surface area contributed by atoms with Crippen LogP contribution in [0.5, 0.6) is 0 Å². The molecule has 3 heterocycles. The Bertz CT molecular complexity index is 1140. The van der Waals surface area contributed by atoms with Crippen molar-refractivity contribution in [2.75, 3.05) is 20.3 Å². The molecular weight excluding hydrogens is 410 g/mol. The van der Waals surface area contributed by atoms with Crippen LogP contribution in [0.2, 0.25) is 0 Å². The van der Waals surface area contributed by atoms with Gasteiger partial charge in [-0.05, 0) is 37.1 Å². The van der Waals surface area contributed by atoms with Crippen LogP contribution in [0.4, 0.5) is 0 Å². The molecule has 1 aromatic carbocycles. The van der Waals surface area contributed by atoms with Crippen LogP contribution in [-0.2, 0) is 11.2 Å². The summed E-state index contributed by atoms with van der Waals surface area (Å²) in [6.45, 7) is 2.92. The van der Waals surface area contributed by atoms with Crippen LogP contribution in [0.25, 0.3) is 5.69 Å². The van der Waals surface area contributed by atoms with Gasteiger partial charge < -0.3 is 14.6 Å². The highest BCUT2D eigenvalue weighted by atomic mass is 32.2. The predicted octanol–water partition coefficient (Wildman–Crippen LogP) is 3.70. The second-order valence-electron chi connectivity index (χ2n) is 7.47. The zero-order valence-electron chi connectivity index (χ0n) is 17.6. The van der Waals surface area contributed by atoms with E-state index in [1.807, 2.05) is 43.5 Å². The molecule has 3 aromatic rings. The summed E-state index contributed by atoms with van der Waals surface area (Å²) < 4.78 is 7.11. The SMILES string of the molecule is COCCCNC(=O)c1c2n(c(C)cc1=O)-c1ccccc1SC(c1cccnc1)C2. The van der Waals surface area contributed by atoms with Gasteiger partial charge in [0.05, 0.1) is 5.69 Å². The summed E-state index contributed by atoms with van der Waals surface area (Å²) in [7, 11) is 1.63. The van der Waals surface area contributed by atoms with Crippen LogP contribution in [0, 0.1) is 6.92 Å². The number of thioether (sulfide) groups is 1. The van der Waals surface area contributed by atoms with Gasteiger partial charge in [0, 0.05) is 66.7 Å². The third-order valence-electron chi connectivity index (χ3n) is 5.35. The number of benzene rings is 1. The third kappa shape index (κ3) is 4.43. The number of fused-ring (bicyclic) bond motifs is 3. The van der Waals surface area contributed by atoms with Crippen LogP contribution < -0.4 is 10.7 Å². The van der Waals surface area contributed by atoms with Gasteiger partial charge in [-0.25, -0.2) is 0 Å². The third-order valence-corrected chi connectivity index (χ3v) is 6.67. The lowest BCUT2D eigenvalue weighted by molar-refractivity contribution is 0.0946. The van der Waals surface area contributed by atoms with Gasteiger partial charge in [0.2, 0.25) is 0 Å². The first-order valence-electron chi connectivity index (χ1n) is 10.3. The van der Waals surface area contributed by atoms with Crippen molar-refractivity contribution >= 4 is 17.7 Å². The highest BCUT2D eigenvalue weighted by molar-refractivity contribution is 7.99. The van der Waals surface area contributed by atoms with E-state index in [2.05, 4.69) is 20.9 Å². The monoisotopic (exact) mass is 435 g/mol. The molecule has 1 N–H and O–H groups in total. The number of pyridine rings is 2. The molecule has 160 valence electrons. The van der Waals surface area contributed by atoms with E-state index in [4.69, 9.17) is 4.74 Å². The molecule has 1 aliphatic heterocycles. The molecule has 0 spiro atoms. The molecule has 0 saturated heterocycles. The summed E-state index contributed by atoms with van der Waals surface area (Å²) in [4.78, 5) is 31.5. The predicted molar refractivity (Wildman–Crippen MR) is 122 cm³/mol. The first-order chi connectivity index (χ1) is 15.1.